The van der Waals surface area contributed by atoms with E-state index < -0.39 is 0 Å². The maximum absolute atomic E-state index is 4.05. The molecule has 2 heteroatoms. The SMILES string of the molecule is C=Cc1c(CC)cc(C[NH3+])c(CC)c1CC.[Cl-]. The minimum Gasteiger partial charge on any atom is -1.00 e. The molecule has 1 rings (SSSR count). The minimum atomic E-state index is 0. The molecule has 0 radical (unpaired) electrons. The third kappa shape index (κ3) is 3.11. The number of rotatable bonds is 5. The van der Waals surface area contributed by atoms with Gasteiger partial charge in [-0.05, 0) is 47.6 Å². The van der Waals surface area contributed by atoms with Crippen molar-refractivity contribution in [2.45, 2.75) is 46.6 Å². The van der Waals surface area contributed by atoms with E-state index in [1.54, 1.807) is 0 Å². The summed E-state index contributed by atoms with van der Waals surface area (Å²) in [7, 11) is 0. The largest absolute Gasteiger partial charge is 1.00 e. The van der Waals surface area contributed by atoms with Gasteiger partial charge in [-0.1, -0.05) is 33.4 Å². The van der Waals surface area contributed by atoms with Gasteiger partial charge in [0.25, 0.3) is 0 Å². The lowest BCUT2D eigenvalue weighted by molar-refractivity contribution is -0.386. The molecule has 96 valence electrons. The molecule has 0 saturated carbocycles. The van der Waals surface area contributed by atoms with Crippen molar-refractivity contribution in [2.75, 3.05) is 0 Å². The van der Waals surface area contributed by atoms with Crippen molar-refractivity contribution in [3.8, 4) is 0 Å². The first-order valence-electron chi connectivity index (χ1n) is 6.31. The molecule has 0 saturated heterocycles. The highest BCUT2D eigenvalue weighted by Crippen LogP contribution is 2.26. The molecule has 0 aliphatic rings. The summed E-state index contributed by atoms with van der Waals surface area (Å²) in [6.07, 6.45) is 5.28. The summed E-state index contributed by atoms with van der Waals surface area (Å²) < 4.78 is 0. The predicted octanol–water partition coefficient (Wildman–Crippen LogP) is -0.237. The fourth-order valence-electron chi connectivity index (χ4n) is 2.54. The lowest BCUT2D eigenvalue weighted by atomic mass is 9.88. The first-order chi connectivity index (χ1) is 7.73. The highest BCUT2D eigenvalue weighted by atomic mass is 35.5. The van der Waals surface area contributed by atoms with Crippen molar-refractivity contribution >= 4 is 6.08 Å². The highest BCUT2D eigenvalue weighted by molar-refractivity contribution is 5.61. The molecule has 0 amide bonds. The molecule has 0 aliphatic heterocycles. The number of halogens is 1. The number of aryl methyl sites for hydroxylation is 1. The molecule has 3 N–H and O–H groups in total. The molecular weight excluding hydrogens is 230 g/mol. The van der Waals surface area contributed by atoms with Gasteiger partial charge in [0.15, 0.2) is 0 Å². The summed E-state index contributed by atoms with van der Waals surface area (Å²) >= 11 is 0. The van der Waals surface area contributed by atoms with E-state index in [0.717, 1.165) is 25.8 Å². The molecule has 0 heterocycles. The summed E-state index contributed by atoms with van der Waals surface area (Å²) in [4.78, 5) is 0. The Morgan fingerprint density at radius 1 is 1.06 bits per heavy atom. The van der Waals surface area contributed by atoms with Crippen LogP contribution in [0, 0.1) is 0 Å². The van der Waals surface area contributed by atoms with Gasteiger partial charge in [0, 0.05) is 5.56 Å². The summed E-state index contributed by atoms with van der Waals surface area (Å²) in [5.74, 6) is 0. The zero-order valence-electron chi connectivity index (χ0n) is 11.3. The van der Waals surface area contributed by atoms with Crippen LogP contribution in [0.4, 0.5) is 0 Å². The zero-order valence-corrected chi connectivity index (χ0v) is 12.0. The molecule has 0 bridgehead atoms. The van der Waals surface area contributed by atoms with E-state index in [9.17, 15) is 0 Å². The monoisotopic (exact) mass is 253 g/mol. The Morgan fingerprint density at radius 3 is 2.00 bits per heavy atom. The number of hydrogen-bond acceptors (Lipinski definition) is 0. The topological polar surface area (TPSA) is 27.6 Å². The lowest BCUT2D eigenvalue weighted by Gasteiger charge is -2.17. The quantitative estimate of drug-likeness (QED) is 0.751. The molecule has 0 spiro atoms. The van der Waals surface area contributed by atoms with Crippen LogP contribution >= 0.6 is 0 Å². The van der Waals surface area contributed by atoms with Gasteiger partial charge in [-0.2, -0.15) is 0 Å². The molecule has 0 fully saturated rings. The third-order valence-corrected chi connectivity index (χ3v) is 3.33. The van der Waals surface area contributed by atoms with E-state index in [0.29, 0.717) is 0 Å². The van der Waals surface area contributed by atoms with Crippen LogP contribution in [-0.2, 0) is 25.8 Å². The van der Waals surface area contributed by atoms with Gasteiger partial charge in [-0.15, -0.1) is 0 Å². The Morgan fingerprint density at radius 2 is 1.65 bits per heavy atom. The Kier molecular flexibility index (Phi) is 7.17. The first-order valence-corrected chi connectivity index (χ1v) is 6.31. The summed E-state index contributed by atoms with van der Waals surface area (Å²) in [5, 5.41) is 0. The normalized spacial score (nSPS) is 9.88. The van der Waals surface area contributed by atoms with Gasteiger partial charge in [0.05, 0.1) is 6.54 Å². The van der Waals surface area contributed by atoms with Crippen LogP contribution in [0.2, 0.25) is 0 Å². The van der Waals surface area contributed by atoms with Crippen molar-refractivity contribution in [3.05, 3.63) is 40.5 Å². The fourth-order valence-corrected chi connectivity index (χ4v) is 2.54. The van der Waals surface area contributed by atoms with Crippen LogP contribution < -0.4 is 18.1 Å². The molecule has 1 aromatic rings. The Balaban J connectivity index is 0.00000256. The molecule has 0 unspecified atom stereocenters. The van der Waals surface area contributed by atoms with Crippen LogP contribution in [0.15, 0.2) is 12.6 Å². The fraction of sp³-hybridized carbons (Fsp3) is 0.467. The van der Waals surface area contributed by atoms with E-state index in [2.05, 4.69) is 39.2 Å². The Bertz CT molecular complexity index is 383. The zero-order chi connectivity index (χ0) is 12.1. The molecule has 0 aliphatic carbocycles. The van der Waals surface area contributed by atoms with Crippen LogP contribution in [0.5, 0.6) is 0 Å². The van der Waals surface area contributed by atoms with Gasteiger partial charge >= 0.3 is 0 Å². The molecule has 1 nitrogen and oxygen atoms in total. The van der Waals surface area contributed by atoms with E-state index in [4.69, 9.17) is 0 Å². The minimum absolute atomic E-state index is 0. The Labute approximate surface area is 112 Å². The van der Waals surface area contributed by atoms with E-state index >= 15 is 0 Å². The second kappa shape index (κ2) is 7.52. The van der Waals surface area contributed by atoms with Crippen LogP contribution in [0.25, 0.3) is 6.08 Å². The second-order valence-corrected chi connectivity index (χ2v) is 4.08. The average molecular weight is 254 g/mol. The van der Waals surface area contributed by atoms with E-state index in [1.165, 1.54) is 27.8 Å². The van der Waals surface area contributed by atoms with Crippen LogP contribution in [-0.4, -0.2) is 0 Å². The smallest absolute Gasteiger partial charge is 0.1000 e. The van der Waals surface area contributed by atoms with E-state index in [-0.39, 0.29) is 12.4 Å². The number of benzene rings is 1. The van der Waals surface area contributed by atoms with Gasteiger partial charge in [0.2, 0.25) is 0 Å². The number of quaternary nitrogens is 1. The van der Waals surface area contributed by atoms with Crippen molar-refractivity contribution in [1.29, 1.82) is 0 Å². The molecule has 1 aromatic carbocycles. The molecule has 17 heavy (non-hydrogen) atoms. The lowest BCUT2D eigenvalue weighted by Crippen LogP contribution is -3.00. The molecule has 0 aromatic heterocycles. The van der Waals surface area contributed by atoms with Gasteiger partial charge in [-0.3, -0.25) is 0 Å². The van der Waals surface area contributed by atoms with Crippen LogP contribution in [0.1, 0.15) is 48.6 Å². The maximum atomic E-state index is 4.05. The summed E-state index contributed by atoms with van der Waals surface area (Å²) in [6, 6.07) is 2.32. The van der Waals surface area contributed by atoms with Crippen molar-refractivity contribution in [1.82, 2.24) is 0 Å². The van der Waals surface area contributed by atoms with Crippen molar-refractivity contribution < 1.29 is 18.1 Å². The summed E-state index contributed by atoms with van der Waals surface area (Å²) in [6.45, 7) is 11.5. The highest BCUT2D eigenvalue weighted by Gasteiger charge is 2.13. The molecule has 0 atom stereocenters. The maximum Gasteiger partial charge on any atom is 0.1000 e. The van der Waals surface area contributed by atoms with Crippen molar-refractivity contribution in [2.24, 2.45) is 0 Å². The third-order valence-electron chi connectivity index (χ3n) is 3.33. The second-order valence-electron chi connectivity index (χ2n) is 4.08. The van der Waals surface area contributed by atoms with Gasteiger partial charge in [-0.25, -0.2) is 0 Å². The van der Waals surface area contributed by atoms with Crippen LogP contribution in [0.3, 0.4) is 0 Å². The molecular formula is C15H24ClN. The Hall–Kier alpha value is -0.790. The van der Waals surface area contributed by atoms with Crippen molar-refractivity contribution in [3.63, 3.8) is 0 Å². The number of hydrogen-bond donors (Lipinski definition) is 1. The van der Waals surface area contributed by atoms with E-state index in [1.807, 2.05) is 6.08 Å². The average Bonchev–Trinajstić information content (AvgIpc) is 2.35. The van der Waals surface area contributed by atoms with Gasteiger partial charge < -0.3 is 18.1 Å². The summed E-state index contributed by atoms with van der Waals surface area (Å²) in [5.41, 5.74) is 11.2. The van der Waals surface area contributed by atoms with Gasteiger partial charge in [0.1, 0.15) is 0 Å². The first kappa shape index (κ1) is 16.2. The predicted molar refractivity (Wildman–Crippen MR) is 71.3 cm³/mol. The standard InChI is InChI=1S/C15H23N.ClH/c1-5-11-9-12(10-16)14(7-3)15(8-4)13(11)6-2;/h6,9H,2,5,7-8,10,16H2,1,3-4H3;1H.